The number of halogens is 3. The summed E-state index contributed by atoms with van der Waals surface area (Å²) in [4.78, 5) is 21.4. The molecule has 4 N–H and O–H groups in total. The van der Waals surface area contributed by atoms with Gasteiger partial charge in [0.2, 0.25) is 20.0 Å². The van der Waals surface area contributed by atoms with E-state index in [4.69, 9.17) is 21.8 Å². The predicted octanol–water partition coefficient (Wildman–Crippen LogP) is 3.08. The Labute approximate surface area is 187 Å². The van der Waals surface area contributed by atoms with E-state index in [1.54, 1.807) is 0 Å². The van der Waals surface area contributed by atoms with E-state index in [-0.39, 0.29) is 23.8 Å². The molecule has 2 aromatic carbocycles. The van der Waals surface area contributed by atoms with Gasteiger partial charge in [-0.2, -0.15) is 0 Å². The third-order valence-corrected chi connectivity index (χ3v) is 4.54. The third kappa shape index (κ3) is 9.45. The second-order valence-electron chi connectivity index (χ2n) is 5.86. The molecule has 10 nitrogen and oxygen atoms in total. The molecule has 0 aromatic heterocycles. The minimum absolute atomic E-state index is 0. The Morgan fingerprint density at radius 2 is 1.31 bits per heavy atom. The first-order valence-corrected chi connectivity index (χ1v) is 11.9. The van der Waals surface area contributed by atoms with Crippen molar-refractivity contribution in [2.45, 2.75) is 7.43 Å². The number of nitrogens with one attached hydrogen (secondary N) is 2. The highest BCUT2D eigenvalue weighted by molar-refractivity contribution is 7.92. The molecule has 0 bridgehead atoms. The first-order chi connectivity index (χ1) is 14.0. The molecule has 0 aliphatic carbocycles. The summed E-state index contributed by atoms with van der Waals surface area (Å²) >= 11 is 5.55. The molecule has 0 fully saturated rings. The fraction of sp³-hybridized carbons (Fsp3) is 0.176. The fourth-order valence-corrected chi connectivity index (χ4v) is 3.49. The van der Waals surface area contributed by atoms with Crippen molar-refractivity contribution >= 4 is 55.0 Å². The van der Waals surface area contributed by atoms with Crippen molar-refractivity contribution in [3.63, 3.8) is 0 Å². The molecule has 0 spiro atoms. The SMILES string of the molecule is C.CS(=O)(=O)Nc1c(Cl)cc(F)cc1C(=O)O.CS(=O)(=O)Nc1ccc(F)cc1C(=O)O. The largest absolute Gasteiger partial charge is 0.478 e. The van der Waals surface area contributed by atoms with Gasteiger partial charge < -0.3 is 10.2 Å². The molecule has 2 rings (SSSR count). The van der Waals surface area contributed by atoms with Gasteiger partial charge in [-0.3, -0.25) is 9.44 Å². The van der Waals surface area contributed by atoms with E-state index in [0.29, 0.717) is 6.07 Å². The average molecular weight is 517 g/mol. The summed E-state index contributed by atoms with van der Waals surface area (Å²) in [6, 6.07) is 4.28. The van der Waals surface area contributed by atoms with Crippen LogP contribution in [0.5, 0.6) is 0 Å². The van der Waals surface area contributed by atoms with E-state index < -0.39 is 54.7 Å². The maximum Gasteiger partial charge on any atom is 0.337 e. The zero-order chi connectivity index (χ0) is 24.1. The number of aromatic carboxylic acids is 2. The fourth-order valence-electron chi connectivity index (χ4n) is 2.01. The average Bonchev–Trinajstić information content (AvgIpc) is 2.56. The van der Waals surface area contributed by atoms with Gasteiger partial charge in [0.15, 0.2) is 0 Å². The van der Waals surface area contributed by atoms with Crippen molar-refractivity contribution in [1.82, 2.24) is 0 Å². The molecule has 15 heteroatoms. The number of carboxylic acid groups (broad SMARTS) is 2. The van der Waals surface area contributed by atoms with Crippen LogP contribution >= 0.6 is 11.6 Å². The number of carbonyl (C=O) groups is 2. The second kappa shape index (κ2) is 11.1. The number of benzene rings is 2. The lowest BCUT2D eigenvalue weighted by Crippen LogP contribution is -2.14. The maximum absolute atomic E-state index is 12.9. The number of rotatable bonds is 6. The highest BCUT2D eigenvalue weighted by Gasteiger charge is 2.18. The molecule has 178 valence electrons. The summed E-state index contributed by atoms with van der Waals surface area (Å²) in [5, 5.41) is 17.1. The van der Waals surface area contributed by atoms with Crippen molar-refractivity contribution < 1.29 is 45.4 Å². The zero-order valence-electron chi connectivity index (χ0n) is 15.7. The third-order valence-electron chi connectivity index (χ3n) is 3.08. The Morgan fingerprint density at radius 3 is 1.75 bits per heavy atom. The van der Waals surface area contributed by atoms with E-state index in [9.17, 15) is 35.2 Å². The van der Waals surface area contributed by atoms with Gasteiger partial charge in [-0.1, -0.05) is 19.0 Å². The van der Waals surface area contributed by atoms with Crippen LogP contribution in [0.3, 0.4) is 0 Å². The normalized spacial score (nSPS) is 10.8. The number of anilines is 2. The molecule has 0 saturated carbocycles. The van der Waals surface area contributed by atoms with Crippen LogP contribution in [0.15, 0.2) is 30.3 Å². The zero-order valence-corrected chi connectivity index (χ0v) is 18.1. The van der Waals surface area contributed by atoms with Crippen LogP contribution in [-0.4, -0.2) is 51.5 Å². The van der Waals surface area contributed by atoms with E-state index in [1.165, 1.54) is 0 Å². The van der Waals surface area contributed by atoms with Crippen molar-refractivity contribution in [2.24, 2.45) is 0 Å². The lowest BCUT2D eigenvalue weighted by Gasteiger charge is -2.09. The number of sulfonamides is 2. The molecule has 0 radical (unpaired) electrons. The monoisotopic (exact) mass is 516 g/mol. The van der Waals surface area contributed by atoms with Crippen molar-refractivity contribution in [2.75, 3.05) is 22.0 Å². The van der Waals surface area contributed by atoms with Crippen molar-refractivity contribution in [3.05, 3.63) is 58.1 Å². The van der Waals surface area contributed by atoms with Crippen LogP contribution in [0.2, 0.25) is 5.02 Å². The molecular weight excluding hydrogens is 498 g/mol. The molecule has 0 heterocycles. The summed E-state index contributed by atoms with van der Waals surface area (Å²) in [7, 11) is -7.27. The lowest BCUT2D eigenvalue weighted by molar-refractivity contribution is 0.0686. The van der Waals surface area contributed by atoms with Gasteiger partial charge in [0.25, 0.3) is 0 Å². The van der Waals surface area contributed by atoms with Crippen LogP contribution in [0, 0.1) is 11.6 Å². The Balaban J connectivity index is 0.000000584. The van der Waals surface area contributed by atoms with Gasteiger partial charge in [-0.15, -0.1) is 0 Å². The standard InChI is InChI=1S/C8H7ClFNO4S.C8H8FNO4S.CH4/c1-16(14,15)11-7-5(8(12)13)2-4(10)3-6(7)9;1-15(13,14)10-7-3-2-5(9)4-6(7)8(11)12;/h2-3,11H,1H3,(H,12,13);2-4,10H,1H3,(H,11,12);1H4. The van der Waals surface area contributed by atoms with E-state index >= 15 is 0 Å². The topological polar surface area (TPSA) is 167 Å². The molecule has 2 aromatic rings. The number of carboxylic acids is 2. The summed E-state index contributed by atoms with van der Waals surface area (Å²) in [5.41, 5.74) is -1.49. The van der Waals surface area contributed by atoms with Gasteiger partial charge in [0.1, 0.15) is 11.6 Å². The molecule has 32 heavy (non-hydrogen) atoms. The Bertz CT molecular complexity index is 1240. The van der Waals surface area contributed by atoms with Crippen LogP contribution in [-0.2, 0) is 20.0 Å². The van der Waals surface area contributed by atoms with Crippen LogP contribution in [0.4, 0.5) is 20.2 Å². The molecule has 0 atom stereocenters. The van der Waals surface area contributed by atoms with Crippen LogP contribution in [0.25, 0.3) is 0 Å². The molecule has 0 amide bonds. The van der Waals surface area contributed by atoms with Crippen molar-refractivity contribution in [1.29, 1.82) is 0 Å². The van der Waals surface area contributed by atoms with Gasteiger partial charge in [-0.05, 0) is 30.3 Å². The minimum Gasteiger partial charge on any atom is -0.478 e. The molecular formula is C17H19ClF2N2O8S2. The number of hydrogen-bond donors (Lipinski definition) is 4. The summed E-state index contributed by atoms with van der Waals surface area (Å²) in [5.74, 6) is -4.49. The quantitative estimate of drug-likeness (QED) is 0.454. The van der Waals surface area contributed by atoms with Crippen molar-refractivity contribution in [3.8, 4) is 0 Å². The van der Waals surface area contributed by atoms with Gasteiger partial charge >= 0.3 is 11.9 Å². The predicted molar refractivity (Wildman–Crippen MR) is 115 cm³/mol. The van der Waals surface area contributed by atoms with E-state index in [0.717, 1.165) is 36.8 Å². The smallest absolute Gasteiger partial charge is 0.337 e. The molecule has 0 saturated heterocycles. The molecule has 0 aliphatic heterocycles. The first-order valence-electron chi connectivity index (χ1n) is 7.71. The number of hydrogen-bond acceptors (Lipinski definition) is 6. The second-order valence-corrected chi connectivity index (χ2v) is 9.76. The first kappa shape index (κ1) is 29.0. The van der Waals surface area contributed by atoms with E-state index in [1.807, 2.05) is 9.44 Å². The van der Waals surface area contributed by atoms with Crippen LogP contribution < -0.4 is 9.44 Å². The highest BCUT2D eigenvalue weighted by Crippen LogP contribution is 2.28. The van der Waals surface area contributed by atoms with E-state index in [2.05, 4.69) is 0 Å². The van der Waals surface area contributed by atoms with Crippen LogP contribution in [0.1, 0.15) is 28.1 Å². The van der Waals surface area contributed by atoms with Gasteiger partial charge in [0, 0.05) is 0 Å². The molecule has 0 unspecified atom stereocenters. The Morgan fingerprint density at radius 1 is 0.844 bits per heavy atom. The lowest BCUT2D eigenvalue weighted by atomic mass is 10.2. The summed E-state index contributed by atoms with van der Waals surface area (Å²) in [6.07, 6.45) is 1.71. The molecule has 0 aliphatic rings. The highest BCUT2D eigenvalue weighted by atomic mass is 35.5. The summed E-state index contributed by atoms with van der Waals surface area (Å²) < 4.78 is 73.1. The minimum atomic E-state index is -3.69. The Kier molecular flexibility index (Phi) is 10.0. The summed E-state index contributed by atoms with van der Waals surface area (Å²) in [6.45, 7) is 0. The Hall–Kier alpha value is -2.97. The maximum atomic E-state index is 12.9. The van der Waals surface area contributed by atoms with Gasteiger partial charge in [0.05, 0.1) is 40.0 Å². The van der Waals surface area contributed by atoms with Gasteiger partial charge in [-0.25, -0.2) is 35.2 Å².